The first-order valence-corrected chi connectivity index (χ1v) is 10.5. The molecule has 1 saturated heterocycles. The SMILES string of the molecule is OC1O[C@H](COCc2ccccc2)[C@@](O)(Cc2ccccc2)[C@]1(O)Cc1ccccc1. The molecule has 3 N–H and O–H groups in total. The summed E-state index contributed by atoms with van der Waals surface area (Å²) in [5.74, 6) is 0. The van der Waals surface area contributed by atoms with Gasteiger partial charge in [-0.25, -0.2) is 0 Å². The van der Waals surface area contributed by atoms with E-state index < -0.39 is 23.6 Å². The van der Waals surface area contributed by atoms with Crippen LogP contribution in [0, 0.1) is 0 Å². The lowest BCUT2D eigenvalue weighted by molar-refractivity contribution is -0.192. The lowest BCUT2D eigenvalue weighted by atomic mass is 9.73. The molecule has 0 aromatic heterocycles. The summed E-state index contributed by atoms with van der Waals surface area (Å²) in [4.78, 5) is 0. The van der Waals surface area contributed by atoms with Crippen LogP contribution in [-0.4, -0.2) is 45.5 Å². The minimum atomic E-state index is -1.90. The highest BCUT2D eigenvalue weighted by Crippen LogP contribution is 2.43. The number of aliphatic hydroxyl groups is 3. The van der Waals surface area contributed by atoms with Gasteiger partial charge in [0.2, 0.25) is 0 Å². The third-order valence-electron chi connectivity index (χ3n) is 6.00. The summed E-state index contributed by atoms with van der Waals surface area (Å²) in [5.41, 5.74) is -1.02. The molecule has 0 amide bonds. The predicted octanol–water partition coefficient (Wildman–Crippen LogP) is 2.87. The molecule has 31 heavy (non-hydrogen) atoms. The Hall–Kier alpha value is -2.54. The number of benzene rings is 3. The van der Waals surface area contributed by atoms with Crippen molar-refractivity contribution in [1.82, 2.24) is 0 Å². The molecule has 0 bridgehead atoms. The van der Waals surface area contributed by atoms with E-state index in [0.717, 1.165) is 16.7 Å². The Bertz CT molecular complexity index is 949. The van der Waals surface area contributed by atoms with Crippen molar-refractivity contribution in [3.05, 3.63) is 108 Å². The molecule has 0 spiro atoms. The van der Waals surface area contributed by atoms with Crippen LogP contribution in [-0.2, 0) is 28.9 Å². The fourth-order valence-electron chi connectivity index (χ4n) is 4.23. The summed E-state index contributed by atoms with van der Waals surface area (Å²) in [6.45, 7) is 0.377. The van der Waals surface area contributed by atoms with E-state index in [-0.39, 0.29) is 19.4 Å². The molecule has 5 nitrogen and oxygen atoms in total. The third-order valence-corrected chi connectivity index (χ3v) is 6.00. The minimum Gasteiger partial charge on any atom is -0.383 e. The second-order valence-electron chi connectivity index (χ2n) is 8.15. The Kier molecular flexibility index (Phi) is 6.51. The fraction of sp³-hybridized carbons (Fsp3) is 0.308. The molecule has 1 aliphatic heterocycles. The molecule has 4 atom stereocenters. The van der Waals surface area contributed by atoms with Crippen molar-refractivity contribution < 1.29 is 24.8 Å². The van der Waals surface area contributed by atoms with Crippen molar-refractivity contribution in [2.75, 3.05) is 6.61 Å². The van der Waals surface area contributed by atoms with E-state index >= 15 is 0 Å². The minimum absolute atomic E-state index is 0.0341. The summed E-state index contributed by atoms with van der Waals surface area (Å²) in [6.07, 6.45) is -2.28. The van der Waals surface area contributed by atoms with E-state index in [1.54, 1.807) is 0 Å². The van der Waals surface area contributed by atoms with Gasteiger partial charge in [0.25, 0.3) is 0 Å². The fourth-order valence-corrected chi connectivity index (χ4v) is 4.23. The van der Waals surface area contributed by atoms with Crippen molar-refractivity contribution in [2.45, 2.75) is 43.0 Å². The van der Waals surface area contributed by atoms with Crippen LogP contribution < -0.4 is 0 Å². The lowest BCUT2D eigenvalue weighted by Crippen LogP contribution is -2.62. The maximum atomic E-state index is 11.8. The Balaban J connectivity index is 1.58. The van der Waals surface area contributed by atoms with Gasteiger partial charge in [-0.1, -0.05) is 91.0 Å². The Morgan fingerprint density at radius 1 is 0.677 bits per heavy atom. The number of hydrogen-bond acceptors (Lipinski definition) is 5. The van der Waals surface area contributed by atoms with Crippen LogP contribution >= 0.6 is 0 Å². The Labute approximate surface area is 182 Å². The Morgan fingerprint density at radius 2 is 1.13 bits per heavy atom. The average molecular weight is 421 g/mol. The summed E-state index contributed by atoms with van der Waals surface area (Å²) < 4.78 is 11.5. The number of hydrogen-bond donors (Lipinski definition) is 3. The third kappa shape index (κ3) is 4.56. The van der Waals surface area contributed by atoms with Crippen molar-refractivity contribution >= 4 is 0 Å². The van der Waals surface area contributed by atoms with E-state index in [9.17, 15) is 15.3 Å². The van der Waals surface area contributed by atoms with Crippen LogP contribution in [0.3, 0.4) is 0 Å². The first-order valence-electron chi connectivity index (χ1n) is 10.5. The number of rotatable bonds is 8. The van der Waals surface area contributed by atoms with Gasteiger partial charge >= 0.3 is 0 Å². The topological polar surface area (TPSA) is 79.2 Å². The normalized spacial score (nSPS) is 28.0. The van der Waals surface area contributed by atoms with Crippen LogP contribution in [0.5, 0.6) is 0 Å². The van der Waals surface area contributed by atoms with Gasteiger partial charge in [0.1, 0.15) is 11.7 Å². The second-order valence-corrected chi connectivity index (χ2v) is 8.15. The van der Waals surface area contributed by atoms with Crippen molar-refractivity contribution in [3.63, 3.8) is 0 Å². The lowest BCUT2D eigenvalue weighted by Gasteiger charge is -2.40. The van der Waals surface area contributed by atoms with Gasteiger partial charge in [0.15, 0.2) is 11.9 Å². The predicted molar refractivity (Wildman–Crippen MR) is 117 cm³/mol. The summed E-state index contributed by atoms with van der Waals surface area (Å²) in [5, 5.41) is 34.2. The molecule has 0 radical (unpaired) electrons. The van der Waals surface area contributed by atoms with E-state index in [4.69, 9.17) is 9.47 Å². The summed E-state index contributed by atoms with van der Waals surface area (Å²) >= 11 is 0. The highest BCUT2D eigenvalue weighted by molar-refractivity contribution is 5.27. The van der Waals surface area contributed by atoms with E-state index in [1.807, 2.05) is 91.0 Å². The first kappa shape index (κ1) is 21.7. The second kappa shape index (κ2) is 9.30. The van der Waals surface area contributed by atoms with Crippen LogP contribution in [0.15, 0.2) is 91.0 Å². The average Bonchev–Trinajstić information content (AvgIpc) is 2.96. The molecule has 1 heterocycles. The quantitative estimate of drug-likeness (QED) is 0.522. The largest absolute Gasteiger partial charge is 0.383 e. The highest BCUT2D eigenvalue weighted by Gasteiger charge is 2.65. The monoisotopic (exact) mass is 420 g/mol. The van der Waals surface area contributed by atoms with Crippen LogP contribution in [0.1, 0.15) is 16.7 Å². The summed E-state index contributed by atoms with van der Waals surface area (Å²) in [6, 6.07) is 28.4. The van der Waals surface area contributed by atoms with Crippen molar-refractivity contribution in [1.29, 1.82) is 0 Å². The maximum Gasteiger partial charge on any atom is 0.187 e. The van der Waals surface area contributed by atoms with E-state index in [2.05, 4.69) is 0 Å². The molecule has 5 heteroatoms. The molecular weight excluding hydrogens is 392 g/mol. The van der Waals surface area contributed by atoms with Gasteiger partial charge < -0.3 is 24.8 Å². The van der Waals surface area contributed by atoms with Crippen molar-refractivity contribution in [2.24, 2.45) is 0 Å². The van der Waals surface area contributed by atoms with E-state index in [1.165, 1.54) is 0 Å². The van der Waals surface area contributed by atoms with Crippen LogP contribution in [0.4, 0.5) is 0 Å². The number of ether oxygens (including phenoxy) is 2. The zero-order chi connectivity index (χ0) is 21.7. The summed E-state index contributed by atoms with van der Waals surface area (Å²) in [7, 11) is 0. The molecule has 4 rings (SSSR count). The number of aliphatic hydroxyl groups excluding tert-OH is 1. The maximum absolute atomic E-state index is 11.8. The smallest absolute Gasteiger partial charge is 0.187 e. The van der Waals surface area contributed by atoms with Crippen LogP contribution in [0.2, 0.25) is 0 Å². The standard InChI is InChI=1S/C26H28O5/c27-24-26(29,17-21-12-6-2-7-13-21)25(28,16-20-10-4-1-5-11-20)23(31-24)19-30-18-22-14-8-3-9-15-22/h1-15,23-24,27-29H,16-19H2/t23-,24?,25+,26+/m1/s1. The first-order chi connectivity index (χ1) is 15.0. The molecule has 0 saturated carbocycles. The van der Waals surface area contributed by atoms with Crippen molar-refractivity contribution in [3.8, 4) is 0 Å². The zero-order valence-electron chi connectivity index (χ0n) is 17.3. The van der Waals surface area contributed by atoms with Gasteiger partial charge in [-0.05, 0) is 16.7 Å². The molecule has 162 valence electrons. The van der Waals surface area contributed by atoms with Gasteiger partial charge in [-0.15, -0.1) is 0 Å². The van der Waals surface area contributed by atoms with E-state index in [0.29, 0.717) is 6.61 Å². The molecule has 0 aliphatic carbocycles. The van der Waals surface area contributed by atoms with Gasteiger partial charge in [0, 0.05) is 12.8 Å². The molecular formula is C26H28O5. The molecule has 3 aromatic carbocycles. The molecule has 1 aliphatic rings. The molecule has 1 fully saturated rings. The molecule has 1 unspecified atom stereocenters. The van der Waals surface area contributed by atoms with Gasteiger partial charge in [-0.3, -0.25) is 0 Å². The van der Waals surface area contributed by atoms with Gasteiger partial charge in [-0.2, -0.15) is 0 Å². The zero-order valence-corrected chi connectivity index (χ0v) is 17.3. The highest BCUT2D eigenvalue weighted by atomic mass is 16.7. The molecule has 3 aromatic rings. The van der Waals surface area contributed by atoms with Gasteiger partial charge in [0.05, 0.1) is 13.2 Å². The van der Waals surface area contributed by atoms with Crippen LogP contribution in [0.25, 0.3) is 0 Å². The Morgan fingerprint density at radius 3 is 1.65 bits per heavy atom.